The predicted octanol–water partition coefficient (Wildman–Crippen LogP) is 3.57. The number of aromatic hydroxyl groups is 1. The van der Waals surface area contributed by atoms with Crippen LogP contribution in [0.4, 0.5) is 0 Å². The lowest BCUT2D eigenvalue weighted by Gasteiger charge is -2.13. The van der Waals surface area contributed by atoms with Gasteiger partial charge in [0.05, 0.1) is 6.10 Å². The van der Waals surface area contributed by atoms with Crippen LogP contribution in [0.15, 0.2) is 42.5 Å². The van der Waals surface area contributed by atoms with Gasteiger partial charge in [-0.05, 0) is 43.7 Å². The van der Waals surface area contributed by atoms with Crippen LogP contribution in [-0.4, -0.2) is 17.5 Å². The summed E-state index contributed by atoms with van der Waals surface area (Å²) >= 11 is 0. The fraction of sp³-hybridized carbons (Fsp3) is 0.235. The van der Waals surface area contributed by atoms with Gasteiger partial charge in [0, 0.05) is 11.6 Å². The molecule has 0 bridgehead atoms. The summed E-state index contributed by atoms with van der Waals surface area (Å²) in [4.78, 5) is 11.0. The van der Waals surface area contributed by atoms with E-state index in [0.717, 1.165) is 11.8 Å². The molecular weight excluding hydrogens is 268 g/mol. The highest BCUT2D eigenvalue weighted by atomic mass is 16.5. The topological polar surface area (TPSA) is 55.8 Å². The van der Waals surface area contributed by atoms with E-state index in [4.69, 9.17) is 9.47 Å². The van der Waals surface area contributed by atoms with Crippen LogP contribution in [0.1, 0.15) is 29.8 Å². The molecule has 0 aliphatic rings. The van der Waals surface area contributed by atoms with Gasteiger partial charge in [0.1, 0.15) is 30.1 Å². The van der Waals surface area contributed by atoms with E-state index in [2.05, 4.69) is 0 Å². The molecular formula is C17H18O4. The van der Waals surface area contributed by atoms with E-state index in [-0.39, 0.29) is 11.9 Å². The first-order valence-electron chi connectivity index (χ1n) is 6.74. The Morgan fingerprint density at radius 1 is 1.10 bits per heavy atom. The lowest BCUT2D eigenvalue weighted by molar-refractivity contribution is 0.112. The van der Waals surface area contributed by atoms with E-state index in [0.29, 0.717) is 23.7 Å². The number of hydrogen-bond acceptors (Lipinski definition) is 4. The first kappa shape index (κ1) is 14.9. The minimum absolute atomic E-state index is 0.0249. The summed E-state index contributed by atoms with van der Waals surface area (Å²) in [5.41, 5.74) is 1.43. The molecule has 0 spiro atoms. The molecule has 0 fully saturated rings. The predicted molar refractivity (Wildman–Crippen MR) is 80.0 cm³/mol. The van der Waals surface area contributed by atoms with Crippen LogP contribution in [0, 0.1) is 0 Å². The Labute approximate surface area is 123 Å². The second-order valence-electron chi connectivity index (χ2n) is 4.98. The van der Waals surface area contributed by atoms with Gasteiger partial charge in [0.2, 0.25) is 0 Å². The Bertz CT molecular complexity index is 603. The number of rotatable bonds is 6. The Morgan fingerprint density at radius 2 is 1.76 bits per heavy atom. The maximum Gasteiger partial charge on any atom is 0.150 e. The van der Waals surface area contributed by atoms with E-state index in [1.54, 1.807) is 42.5 Å². The molecule has 0 unspecified atom stereocenters. The van der Waals surface area contributed by atoms with Crippen molar-refractivity contribution in [3.05, 3.63) is 53.6 Å². The molecule has 21 heavy (non-hydrogen) atoms. The molecule has 2 aromatic carbocycles. The third-order valence-corrected chi connectivity index (χ3v) is 2.75. The zero-order chi connectivity index (χ0) is 15.2. The van der Waals surface area contributed by atoms with Gasteiger partial charge in [-0.1, -0.05) is 12.1 Å². The van der Waals surface area contributed by atoms with Crippen LogP contribution in [0.5, 0.6) is 17.2 Å². The molecule has 0 aliphatic carbocycles. The molecule has 0 atom stereocenters. The highest BCUT2D eigenvalue weighted by Gasteiger charge is 2.05. The third kappa shape index (κ3) is 4.53. The van der Waals surface area contributed by atoms with Crippen molar-refractivity contribution < 1.29 is 19.4 Å². The minimum atomic E-state index is 0.0249. The highest BCUT2D eigenvalue weighted by molar-refractivity contribution is 5.76. The monoisotopic (exact) mass is 286 g/mol. The van der Waals surface area contributed by atoms with Crippen LogP contribution < -0.4 is 9.47 Å². The lowest BCUT2D eigenvalue weighted by Crippen LogP contribution is -2.06. The van der Waals surface area contributed by atoms with Crippen molar-refractivity contribution in [3.63, 3.8) is 0 Å². The molecule has 0 aliphatic heterocycles. The molecule has 0 amide bonds. The molecule has 0 saturated heterocycles. The maximum absolute atomic E-state index is 11.0. The summed E-state index contributed by atoms with van der Waals surface area (Å²) < 4.78 is 11.3. The van der Waals surface area contributed by atoms with Crippen LogP contribution in [-0.2, 0) is 6.61 Å². The highest BCUT2D eigenvalue weighted by Crippen LogP contribution is 2.24. The molecule has 0 heterocycles. The fourth-order valence-electron chi connectivity index (χ4n) is 1.84. The van der Waals surface area contributed by atoms with Crippen molar-refractivity contribution in [2.45, 2.75) is 26.6 Å². The molecule has 4 nitrogen and oxygen atoms in total. The molecule has 110 valence electrons. The second kappa shape index (κ2) is 6.79. The Hall–Kier alpha value is -2.49. The van der Waals surface area contributed by atoms with Crippen molar-refractivity contribution >= 4 is 6.29 Å². The molecule has 4 heteroatoms. The van der Waals surface area contributed by atoms with Gasteiger partial charge in [-0.2, -0.15) is 0 Å². The Kier molecular flexibility index (Phi) is 4.82. The van der Waals surface area contributed by atoms with Gasteiger partial charge in [-0.3, -0.25) is 4.79 Å². The molecule has 2 aromatic rings. The van der Waals surface area contributed by atoms with Gasteiger partial charge in [-0.15, -0.1) is 0 Å². The lowest BCUT2D eigenvalue weighted by atomic mass is 10.2. The van der Waals surface area contributed by atoms with Crippen molar-refractivity contribution in [1.82, 2.24) is 0 Å². The SMILES string of the molecule is CC(C)Oc1cc(C=O)cc(OCc2ccc(O)cc2)c1. The number of carbonyl (C=O) groups is 1. The molecule has 0 aromatic heterocycles. The molecule has 1 N–H and O–H groups in total. The molecule has 2 rings (SSSR count). The molecule has 0 radical (unpaired) electrons. The van der Waals surface area contributed by atoms with Crippen molar-refractivity contribution in [1.29, 1.82) is 0 Å². The summed E-state index contributed by atoms with van der Waals surface area (Å²) in [6.07, 6.45) is 0.789. The summed E-state index contributed by atoms with van der Waals surface area (Å²) in [5.74, 6) is 1.40. The summed E-state index contributed by atoms with van der Waals surface area (Å²) in [7, 11) is 0. The quantitative estimate of drug-likeness (QED) is 0.825. The normalized spacial score (nSPS) is 10.4. The number of hydrogen-bond donors (Lipinski definition) is 1. The zero-order valence-corrected chi connectivity index (χ0v) is 12.1. The first-order valence-corrected chi connectivity index (χ1v) is 6.74. The minimum Gasteiger partial charge on any atom is -0.508 e. The third-order valence-electron chi connectivity index (χ3n) is 2.75. The van der Waals surface area contributed by atoms with Crippen LogP contribution in [0.25, 0.3) is 0 Å². The number of phenols is 1. The number of phenolic OH excluding ortho intramolecular Hbond substituents is 1. The van der Waals surface area contributed by atoms with Crippen molar-refractivity contribution in [2.75, 3.05) is 0 Å². The van der Waals surface area contributed by atoms with E-state index in [1.807, 2.05) is 13.8 Å². The van der Waals surface area contributed by atoms with Gasteiger partial charge in [0.25, 0.3) is 0 Å². The average molecular weight is 286 g/mol. The van der Waals surface area contributed by atoms with Crippen LogP contribution in [0.3, 0.4) is 0 Å². The zero-order valence-electron chi connectivity index (χ0n) is 12.1. The van der Waals surface area contributed by atoms with Crippen LogP contribution >= 0.6 is 0 Å². The van der Waals surface area contributed by atoms with Gasteiger partial charge < -0.3 is 14.6 Å². The fourth-order valence-corrected chi connectivity index (χ4v) is 1.84. The number of ether oxygens (including phenoxy) is 2. The van der Waals surface area contributed by atoms with E-state index in [9.17, 15) is 9.90 Å². The first-order chi connectivity index (χ1) is 10.1. The number of carbonyl (C=O) groups excluding carboxylic acids is 1. The largest absolute Gasteiger partial charge is 0.508 e. The van der Waals surface area contributed by atoms with E-state index in [1.165, 1.54) is 0 Å². The summed E-state index contributed by atoms with van der Waals surface area (Å²) in [6, 6.07) is 11.9. The van der Waals surface area contributed by atoms with Crippen molar-refractivity contribution in [3.8, 4) is 17.2 Å². The smallest absolute Gasteiger partial charge is 0.150 e. The number of benzene rings is 2. The van der Waals surface area contributed by atoms with E-state index >= 15 is 0 Å². The Balaban J connectivity index is 2.11. The standard InChI is InChI=1S/C17H18O4/c1-12(2)21-17-8-14(10-18)7-16(9-17)20-11-13-3-5-15(19)6-4-13/h3-10,12,19H,11H2,1-2H3. The summed E-state index contributed by atoms with van der Waals surface area (Å²) in [5, 5.41) is 9.23. The number of aldehydes is 1. The van der Waals surface area contributed by atoms with Crippen molar-refractivity contribution in [2.24, 2.45) is 0 Å². The van der Waals surface area contributed by atoms with Gasteiger partial charge >= 0.3 is 0 Å². The molecule has 0 saturated carbocycles. The van der Waals surface area contributed by atoms with Gasteiger partial charge in [0.15, 0.2) is 0 Å². The van der Waals surface area contributed by atoms with Crippen LogP contribution in [0.2, 0.25) is 0 Å². The van der Waals surface area contributed by atoms with Gasteiger partial charge in [-0.25, -0.2) is 0 Å². The Morgan fingerprint density at radius 3 is 2.38 bits per heavy atom. The maximum atomic E-state index is 11.0. The second-order valence-corrected chi connectivity index (χ2v) is 4.98. The summed E-state index contributed by atoms with van der Waals surface area (Å²) in [6.45, 7) is 4.19. The average Bonchev–Trinajstić information content (AvgIpc) is 2.45. The van der Waals surface area contributed by atoms with E-state index < -0.39 is 0 Å².